The number of anilines is 1. The fourth-order valence-corrected chi connectivity index (χ4v) is 4.67. The van der Waals surface area contributed by atoms with Gasteiger partial charge in [-0.3, -0.25) is 9.69 Å². The van der Waals surface area contributed by atoms with E-state index in [9.17, 15) is 4.79 Å². The second kappa shape index (κ2) is 9.13. The monoisotopic (exact) mass is 407 g/mol. The van der Waals surface area contributed by atoms with Crippen LogP contribution in [0.5, 0.6) is 0 Å². The summed E-state index contributed by atoms with van der Waals surface area (Å²) in [7, 11) is 1.72. The third kappa shape index (κ3) is 4.48. The van der Waals surface area contributed by atoms with Crippen molar-refractivity contribution in [1.82, 2.24) is 20.2 Å². The van der Waals surface area contributed by atoms with Crippen LogP contribution < -0.4 is 10.2 Å². The number of likely N-dealkylation sites (tertiary alicyclic amines) is 1. The van der Waals surface area contributed by atoms with Gasteiger partial charge in [0.1, 0.15) is 0 Å². The first-order chi connectivity index (χ1) is 14.5. The third-order valence-corrected chi connectivity index (χ3v) is 6.46. The Morgan fingerprint density at radius 3 is 2.53 bits per heavy atom. The minimum atomic E-state index is -0.0914. The molecule has 0 saturated carbocycles. The predicted molar refractivity (Wildman–Crippen MR) is 120 cm³/mol. The standard InChI is InChI=1S/C24H33N5O/c1-17(2)19-8-6-18(7-9-19)14-28-15-20(21(16-28)23(30)25-3)22-10-11-26-24(27-22)29-12-4-5-13-29/h6-11,17,20-21H,4-5,12-16H2,1-3H3,(H,25,30)/t20-,21-/m1/s1. The van der Waals surface area contributed by atoms with Gasteiger partial charge in [0.15, 0.2) is 0 Å². The second-order valence-electron chi connectivity index (χ2n) is 8.89. The van der Waals surface area contributed by atoms with Crippen LogP contribution in [0.3, 0.4) is 0 Å². The highest BCUT2D eigenvalue weighted by atomic mass is 16.1. The fourth-order valence-electron chi connectivity index (χ4n) is 4.67. The number of rotatable bonds is 6. The number of nitrogens with zero attached hydrogens (tertiary/aromatic N) is 4. The van der Waals surface area contributed by atoms with Gasteiger partial charge in [0.2, 0.25) is 11.9 Å². The largest absolute Gasteiger partial charge is 0.359 e. The lowest BCUT2D eigenvalue weighted by atomic mass is 9.92. The van der Waals surface area contributed by atoms with Crippen molar-refractivity contribution in [2.45, 2.75) is 45.1 Å². The van der Waals surface area contributed by atoms with Crippen molar-refractivity contribution in [3.63, 3.8) is 0 Å². The summed E-state index contributed by atoms with van der Waals surface area (Å²) in [6, 6.07) is 10.9. The van der Waals surface area contributed by atoms with Crippen LogP contribution in [0, 0.1) is 5.92 Å². The number of hydrogen-bond donors (Lipinski definition) is 1. The highest BCUT2D eigenvalue weighted by molar-refractivity contribution is 5.80. The maximum Gasteiger partial charge on any atom is 0.225 e. The van der Waals surface area contributed by atoms with Gasteiger partial charge in [-0.1, -0.05) is 38.1 Å². The molecule has 160 valence electrons. The normalized spacial score (nSPS) is 22.1. The smallest absolute Gasteiger partial charge is 0.225 e. The Labute approximate surface area is 179 Å². The molecule has 1 amide bonds. The van der Waals surface area contributed by atoms with Crippen molar-refractivity contribution in [2.75, 3.05) is 38.1 Å². The molecule has 1 N–H and O–H groups in total. The van der Waals surface area contributed by atoms with Gasteiger partial charge in [0.25, 0.3) is 0 Å². The van der Waals surface area contributed by atoms with Gasteiger partial charge in [-0.2, -0.15) is 0 Å². The molecular formula is C24H33N5O. The molecule has 2 aliphatic heterocycles. The first kappa shape index (κ1) is 20.8. The zero-order chi connectivity index (χ0) is 21.1. The number of carbonyl (C=O) groups excluding carboxylic acids is 1. The number of amides is 1. The molecule has 0 spiro atoms. The molecule has 0 aliphatic carbocycles. The summed E-state index contributed by atoms with van der Waals surface area (Å²) < 4.78 is 0. The average molecular weight is 408 g/mol. The number of nitrogens with one attached hydrogen (secondary N) is 1. The van der Waals surface area contributed by atoms with Crippen LogP contribution in [0.1, 0.15) is 55.3 Å². The van der Waals surface area contributed by atoms with Gasteiger partial charge in [0.05, 0.1) is 11.6 Å². The van der Waals surface area contributed by atoms with Gasteiger partial charge in [-0.15, -0.1) is 0 Å². The van der Waals surface area contributed by atoms with E-state index in [1.54, 1.807) is 7.05 Å². The van der Waals surface area contributed by atoms with E-state index in [0.717, 1.165) is 44.4 Å². The van der Waals surface area contributed by atoms with Gasteiger partial charge < -0.3 is 10.2 Å². The predicted octanol–water partition coefficient (Wildman–Crippen LogP) is 3.16. The topological polar surface area (TPSA) is 61.4 Å². The van der Waals surface area contributed by atoms with E-state index in [1.807, 2.05) is 12.3 Å². The summed E-state index contributed by atoms with van der Waals surface area (Å²) >= 11 is 0. The van der Waals surface area contributed by atoms with Crippen LogP contribution in [0.25, 0.3) is 0 Å². The molecule has 2 aromatic rings. The molecule has 2 aliphatic rings. The first-order valence-electron chi connectivity index (χ1n) is 11.2. The minimum Gasteiger partial charge on any atom is -0.359 e. The highest BCUT2D eigenvalue weighted by Crippen LogP contribution is 2.33. The lowest BCUT2D eigenvalue weighted by molar-refractivity contribution is -0.124. The fraction of sp³-hybridized carbons (Fsp3) is 0.542. The number of carbonyl (C=O) groups is 1. The lowest BCUT2D eigenvalue weighted by Crippen LogP contribution is -2.32. The Balaban J connectivity index is 1.52. The molecule has 2 saturated heterocycles. The maximum absolute atomic E-state index is 12.7. The Hall–Kier alpha value is -2.47. The molecule has 0 bridgehead atoms. The summed E-state index contributed by atoms with van der Waals surface area (Å²) in [5.41, 5.74) is 3.63. The maximum atomic E-state index is 12.7. The second-order valence-corrected chi connectivity index (χ2v) is 8.89. The zero-order valence-electron chi connectivity index (χ0n) is 18.3. The van der Waals surface area contributed by atoms with Crippen LogP contribution in [-0.2, 0) is 11.3 Å². The SMILES string of the molecule is CNC(=O)[C@@H]1CN(Cc2ccc(C(C)C)cc2)C[C@H]1c1ccnc(N2CCCC2)n1. The van der Waals surface area contributed by atoms with Crippen LogP contribution >= 0.6 is 0 Å². The van der Waals surface area contributed by atoms with E-state index >= 15 is 0 Å². The van der Waals surface area contributed by atoms with E-state index in [0.29, 0.717) is 5.92 Å². The minimum absolute atomic E-state index is 0.0873. The highest BCUT2D eigenvalue weighted by Gasteiger charge is 2.39. The quantitative estimate of drug-likeness (QED) is 0.797. The Kier molecular flexibility index (Phi) is 6.32. The van der Waals surface area contributed by atoms with E-state index in [-0.39, 0.29) is 17.7 Å². The summed E-state index contributed by atoms with van der Waals surface area (Å²) in [6.07, 6.45) is 4.24. The molecular weight excluding hydrogens is 374 g/mol. The molecule has 2 fully saturated rings. The summed E-state index contributed by atoms with van der Waals surface area (Å²) in [5, 5.41) is 2.86. The first-order valence-corrected chi connectivity index (χ1v) is 11.2. The molecule has 3 heterocycles. The Morgan fingerprint density at radius 2 is 1.87 bits per heavy atom. The van der Waals surface area contributed by atoms with Gasteiger partial charge in [-0.05, 0) is 36.0 Å². The molecule has 30 heavy (non-hydrogen) atoms. The Bertz CT molecular complexity index is 860. The molecule has 6 nitrogen and oxygen atoms in total. The van der Waals surface area contributed by atoms with E-state index in [4.69, 9.17) is 4.98 Å². The molecule has 0 unspecified atom stereocenters. The lowest BCUT2D eigenvalue weighted by Gasteiger charge is -2.20. The number of benzene rings is 1. The summed E-state index contributed by atoms with van der Waals surface area (Å²) in [6.45, 7) is 8.90. The molecule has 0 radical (unpaired) electrons. The van der Waals surface area contributed by atoms with Crippen LogP contribution in [0.15, 0.2) is 36.5 Å². The van der Waals surface area contributed by atoms with E-state index in [2.05, 4.69) is 58.2 Å². The number of aromatic nitrogens is 2. The molecule has 6 heteroatoms. The van der Waals surface area contributed by atoms with Crippen LogP contribution in [0.4, 0.5) is 5.95 Å². The average Bonchev–Trinajstić information content (AvgIpc) is 3.44. The van der Waals surface area contributed by atoms with Crippen molar-refractivity contribution >= 4 is 11.9 Å². The molecule has 1 aromatic carbocycles. The zero-order valence-corrected chi connectivity index (χ0v) is 18.3. The van der Waals surface area contributed by atoms with Gasteiger partial charge >= 0.3 is 0 Å². The Morgan fingerprint density at radius 1 is 1.13 bits per heavy atom. The van der Waals surface area contributed by atoms with Crippen LogP contribution in [-0.4, -0.2) is 54.0 Å². The van der Waals surface area contributed by atoms with Gasteiger partial charge in [-0.25, -0.2) is 9.97 Å². The van der Waals surface area contributed by atoms with E-state index in [1.165, 1.54) is 24.0 Å². The summed E-state index contributed by atoms with van der Waals surface area (Å²) in [4.78, 5) is 26.7. The summed E-state index contributed by atoms with van der Waals surface area (Å²) in [5.74, 6) is 1.44. The van der Waals surface area contributed by atoms with Crippen molar-refractivity contribution in [3.05, 3.63) is 53.3 Å². The van der Waals surface area contributed by atoms with E-state index < -0.39 is 0 Å². The molecule has 1 aromatic heterocycles. The van der Waals surface area contributed by atoms with Crippen molar-refractivity contribution in [1.29, 1.82) is 0 Å². The van der Waals surface area contributed by atoms with Crippen molar-refractivity contribution in [3.8, 4) is 0 Å². The molecule has 4 rings (SSSR count). The van der Waals surface area contributed by atoms with Gasteiger partial charge in [0, 0.05) is 51.9 Å². The van der Waals surface area contributed by atoms with Crippen molar-refractivity contribution in [2.24, 2.45) is 5.92 Å². The van der Waals surface area contributed by atoms with Crippen molar-refractivity contribution < 1.29 is 4.79 Å². The number of hydrogen-bond acceptors (Lipinski definition) is 5. The third-order valence-electron chi connectivity index (χ3n) is 6.46. The molecule has 2 atom stereocenters. The van der Waals surface area contributed by atoms with Crippen LogP contribution in [0.2, 0.25) is 0 Å².